The van der Waals surface area contributed by atoms with Gasteiger partial charge in [-0.2, -0.15) is 9.97 Å². The molecule has 0 atom stereocenters. The van der Waals surface area contributed by atoms with Crippen LogP contribution in [0.15, 0.2) is 174 Å². The first-order chi connectivity index (χ1) is 24.8. The molecule has 234 valence electrons. The summed E-state index contributed by atoms with van der Waals surface area (Å²) in [6.07, 6.45) is 0. The number of furan rings is 1. The van der Waals surface area contributed by atoms with E-state index >= 15 is 0 Å². The van der Waals surface area contributed by atoms with Gasteiger partial charge in [-0.1, -0.05) is 133 Å². The molecule has 0 radical (unpaired) electrons. The predicted octanol–water partition coefficient (Wildman–Crippen LogP) is 11.5. The van der Waals surface area contributed by atoms with Crippen molar-refractivity contribution >= 4 is 43.7 Å². The van der Waals surface area contributed by atoms with Gasteiger partial charge in [0.25, 0.3) is 0 Å². The van der Waals surface area contributed by atoms with Crippen LogP contribution < -0.4 is 0 Å². The minimum Gasteiger partial charge on any atom is -0.456 e. The van der Waals surface area contributed by atoms with Gasteiger partial charge in [0.05, 0.1) is 11.0 Å². The van der Waals surface area contributed by atoms with Gasteiger partial charge in [0.2, 0.25) is 5.95 Å². The molecule has 0 bridgehead atoms. The van der Waals surface area contributed by atoms with Crippen LogP contribution in [0.3, 0.4) is 0 Å². The molecule has 0 aliphatic heterocycles. The minimum absolute atomic E-state index is 0.554. The Labute approximate surface area is 287 Å². The molecule has 10 rings (SSSR count). The summed E-state index contributed by atoms with van der Waals surface area (Å²) in [4.78, 5) is 15.5. The summed E-state index contributed by atoms with van der Waals surface area (Å²) >= 11 is 0. The van der Waals surface area contributed by atoms with Crippen molar-refractivity contribution in [2.45, 2.75) is 0 Å². The first-order valence-corrected chi connectivity index (χ1v) is 16.7. The van der Waals surface area contributed by atoms with E-state index in [0.29, 0.717) is 17.6 Å². The molecule has 0 aliphatic carbocycles. The lowest BCUT2D eigenvalue weighted by Crippen LogP contribution is -2.06. The van der Waals surface area contributed by atoms with Crippen LogP contribution in [0.2, 0.25) is 0 Å². The number of benzene rings is 7. The Balaban J connectivity index is 1.25. The first-order valence-electron chi connectivity index (χ1n) is 16.7. The van der Waals surface area contributed by atoms with E-state index in [4.69, 9.17) is 19.4 Å². The average molecular weight is 641 g/mol. The van der Waals surface area contributed by atoms with E-state index in [2.05, 4.69) is 120 Å². The third kappa shape index (κ3) is 4.60. The molecular weight excluding hydrogens is 613 g/mol. The SMILES string of the molecule is c1ccc(-c2ccc3c(c2)c2ccccc2n3-c2nc(-c3ccccc3)nc(-c3cc(-c4ccccc4)c4c(c3)oc3ccccc34)n2)cc1. The van der Waals surface area contributed by atoms with Gasteiger partial charge in [0.1, 0.15) is 11.2 Å². The maximum atomic E-state index is 6.48. The summed E-state index contributed by atoms with van der Waals surface area (Å²) in [5.41, 5.74) is 9.96. The smallest absolute Gasteiger partial charge is 0.238 e. The number of aromatic nitrogens is 4. The van der Waals surface area contributed by atoms with Crippen LogP contribution >= 0.6 is 0 Å². The fourth-order valence-electron chi connectivity index (χ4n) is 7.14. The molecule has 0 amide bonds. The summed E-state index contributed by atoms with van der Waals surface area (Å²) in [6.45, 7) is 0. The van der Waals surface area contributed by atoms with Crippen molar-refractivity contribution in [1.82, 2.24) is 19.5 Å². The van der Waals surface area contributed by atoms with E-state index in [9.17, 15) is 0 Å². The van der Waals surface area contributed by atoms with E-state index < -0.39 is 0 Å². The van der Waals surface area contributed by atoms with Gasteiger partial charge in [0.15, 0.2) is 11.6 Å². The molecular formula is C45H28N4O. The minimum atomic E-state index is 0.554. The zero-order valence-corrected chi connectivity index (χ0v) is 26.9. The summed E-state index contributed by atoms with van der Waals surface area (Å²) in [5.74, 6) is 1.72. The van der Waals surface area contributed by atoms with E-state index in [1.807, 2.05) is 54.6 Å². The van der Waals surface area contributed by atoms with E-state index in [-0.39, 0.29) is 0 Å². The molecule has 3 heterocycles. The lowest BCUT2D eigenvalue weighted by Gasteiger charge is -2.12. The molecule has 0 aliphatic rings. The van der Waals surface area contributed by atoms with E-state index in [0.717, 1.165) is 71.6 Å². The Morgan fingerprint density at radius 3 is 1.74 bits per heavy atom. The number of nitrogens with zero attached hydrogens (tertiary/aromatic N) is 4. The van der Waals surface area contributed by atoms with Gasteiger partial charge >= 0.3 is 0 Å². The van der Waals surface area contributed by atoms with E-state index in [1.165, 1.54) is 5.56 Å². The maximum absolute atomic E-state index is 6.48. The van der Waals surface area contributed by atoms with Crippen LogP contribution in [0, 0.1) is 0 Å². The Hall–Kier alpha value is -6.85. The lowest BCUT2D eigenvalue weighted by molar-refractivity contribution is 0.669. The van der Waals surface area contributed by atoms with Crippen LogP contribution in [0.1, 0.15) is 0 Å². The van der Waals surface area contributed by atoms with Gasteiger partial charge in [0, 0.05) is 32.7 Å². The number of para-hydroxylation sites is 2. The van der Waals surface area contributed by atoms with Crippen LogP contribution in [-0.4, -0.2) is 19.5 Å². The predicted molar refractivity (Wildman–Crippen MR) is 203 cm³/mol. The highest BCUT2D eigenvalue weighted by molar-refractivity contribution is 6.14. The molecule has 0 spiro atoms. The van der Waals surface area contributed by atoms with Crippen molar-refractivity contribution in [3.8, 4) is 51.0 Å². The highest BCUT2D eigenvalue weighted by atomic mass is 16.3. The molecule has 3 aromatic heterocycles. The summed E-state index contributed by atoms with van der Waals surface area (Å²) in [5, 5.41) is 4.43. The van der Waals surface area contributed by atoms with Crippen molar-refractivity contribution in [2.24, 2.45) is 0 Å². The second kappa shape index (κ2) is 11.4. The van der Waals surface area contributed by atoms with Gasteiger partial charge in [-0.25, -0.2) is 4.98 Å². The highest BCUT2D eigenvalue weighted by Crippen LogP contribution is 2.40. The fraction of sp³-hybridized carbons (Fsp3) is 0. The Kier molecular flexibility index (Phi) is 6.42. The monoisotopic (exact) mass is 640 g/mol. The molecule has 0 N–H and O–H groups in total. The first kappa shape index (κ1) is 28.2. The number of rotatable bonds is 5. The second-order valence-corrected chi connectivity index (χ2v) is 12.5. The standard InChI is InChI=1S/C45H28N4O/c1-4-14-29(15-5-1)32-24-25-39-37(26-32)34-20-10-12-22-38(34)49(39)45-47-43(31-18-8-3-9-19-31)46-44(48-45)33-27-36(30-16-6-2-7-17-30)42-35-21-11-13-23-40(35)50-41(42)28-33/h1-28H. The summed E-state index contributed by atoms with van der Waals surface area (Å²) < 4.78 is 8.64. The normalized spacial score (nSPS) is 11.6. The van der Waals surface area contributed by atoms with Gasteiger partial charge in [-0.3, -0.25) is 4.57 Å². The van der Waals surface area contributed by atoms with Crippen molar-refractivity contribution < 1.29 is 4.42 Å². The molecule has 0 fully saturated rings. The Bertz CT molecular complexity index is 2860. The van der Waals surface area contributed by atoms with Crippen LogP contribution in [0.25, 0.3) is 94.7 Å². The zero-order chi connectivity index (χ0) is 33.0. The number of hydrogen-bond donors (Lipinski definition) is 0. The molecule has 10 aromatic rings. The third-order valence-electron chi connectivity index (χ3n) is 9.46. The molecule has 50 heavy (non-hydrogen) atoms. The fourth-order valence-corrected chi connectivity index (χ4v) is 7.14. The van der Waals surface area contributed by atoms with Crippen LogP contribution in [0.5, 0.6) is 0 Å². The molecule has 7 aromatic carbocycles. The maximum Gasteiger partial charge on any atom is 0.238 e. The average Bonchev–Trinajstić information content (AvgIpc) is 3.74. The molecule has 5 nitrogen and oxygen atoms in total. The number of fused-ring (bicyclic) bond motifs is 6. The molecule has 0 saturated heterocycles. The van der Waals surface area contributed by atoms with Gasteiger partial charge < -0.3 is 4.42 Å². The lowest BCUT2D eigenvalue weighted by atomic mass is 9.97. The third-order valence-corrected chi connectivity index (χ3v) is 9.46. The van der Waals surface area contributed by atoms with Crippen LogP contribution in [-0.2, 0) is 0 Å². The molecule has 5 heteroatoms. The molecule has 0 saturated carbocycles. The van der Waals surface area contributed by atoms with Crippen molar-refractivity contribution in [2.75, 3.05) is 0 Å². The van der Waals surface area contributed by atoms with Gasteiger partial charge in [-0.15, -0.1) is 0 Å². The summed E-state index contributed by atoms with van der Waals surface area (Å²) in [7, 11) is 0. The quantitative estimate of drug-likeness (QED) is 0.188. The van der Waals surface area contributed by atoms with Crippen molar-refractivity contribution in [1.29, 1.82) is 0 Å². The Morgan fingerprint density at radius 1 is 0.380 bits per heavy atom. The van der Waals surface area contributed by atoms with Gasteiger partial charge in [-0.05, 0) is 58.7 Å². The molecule has 0 unspecified atom stereocenters. The Morgan fingerprint density at radius 2 is 0.980 bits per heavy atom. The highest BCUT2D eigenvalue weighted by Gasteiger charge is 2.21. The topological polar surface area (TPSA) is 56.7 Å². The summed E-state index contributed by atoms with van der Waals surface area (Å²) in [6, 6.07) is 58.6. The largest absolute Gasteiger partial charge is 0.456 e. The van der Waals surface area contributed by atoms with Crippen LogP contribution in [0.4, 0.5) is 0 Å². The zero-order valence-electron chi connectivity index (χ0n) is 26.9. The van der Waals surface area contributed by atoms with Crippen molar-refractivity contribution in [3.05, 3.63) is 170 Å². The number of hydrogen-bond acceptors (Lipinski definition) is 4. The van der Waals surface area contributed by atoms with Crippen molar-refractivity contribution in [3.63, 3.8) is 0 Å². The second-order valence-electron chi connectivity index (χ2n) is 12.5. The van der Waals surface area contributed by atoms with E-state index in [1.54, 1.807) is 0 Å².